The second-order valence-corrected chi connectivity index (χ2v) is 8.89. The summed E-state index contributed by atoms with van der Waals surface area (Å²) >= 11 is 0. The van der Waals surface area contributed by atoms with E-state index in [2.05, 4.69) is 10.5 Å². The van der Waals surface area contributed by atoms with Gasteiger partial charge in [0.05, 0.1) is 24.8 Å². The van der Waals surface area contributed by atoms with Crippen molar-refractivity contribution in [3.05, 3.63) is 107 Å². The van der Waals surface area contributed by atoms with Crippen LogP contribution in [0.4, 0.5) is 9.18 Å². The summed E-state index contributed by atoms with van der Waals surface area (Å²) in [7, 11) is 0. The minimum Gasteiger partial charge on any atom is -0.494 e. The monoisotopic (exact) mass is 498 g/mol. The van der Waals surface area contributed by atoms with Crippen LogP contribution in [0.3, 0.4) is 0 Å². The molecule has 0 saturated heterocycles. The number of hydrogen-bond donors (Lipinski definition) is 1. The Morgan fingerprint density at radius 1 is 1.00 bits per heavy atom. The molecule has 0 fully saturated rings. The van der Waals surface area contributed by atoms with Crippen LogP contribution in [0.2, 0.25) is 0 Å². The average Bonchev–Trinajstić information content (AvgIpc) is 3.38. The molecular weight excluding hydrogens is 471 g/mol. The molecule has 2 heterocycles. The molecular formula is C29H27FN4O3. The molecule has 37 heavy (non-hydrogen) atoms. The Labute approximate surface area is 214 Å². The van der Waals surface area contributed by atoms with E-state index >= 15 is 0 Å². The van der Waals surface area contributed by atoms with Gasteiger partial charge in [-0.15, -0.1) is 0 Å². The quantitative estimate of drug-likeness (QED) is 0.324. The number of carbonyl (C=O) groups is 1. The zero-order chi connectivity index (χ0) is 25.9. The highest BCUT2D eigenvalue weighted by molar-refractivity contribution is 5.87. The number of ether oxygens (including phenoxy) is 1. The van der Waals surface area contributed by atoms with E-state index in [4.69, 9.17) is 14.2 Å². The van der Waals surface area contributed by atoms with Crippen molar-refractivity contribution in [1.29, 1.82) is 0 Å². The summed E-state index contributed by atoms with van der Waals surface area (Å²) in [5, 5.41) is 7.30. The van der Waals surface area contributed by atoms with Crippen LogP contribution in [0.25, 0.3) is 17.0 Å². The van der Waals surface area contributed by atoms with Gasteiger partial charge >= 0.3 is 6.03 Å². The maximum absolute atomic E-state index is 13.4. The molecule has 0 saturated carbocycles. The van der Waals surface area contributed by atoms with Gasteiger partial charge in [-0.25, -0.2) is 9.18 Å². The number of halogens is 1. The van der Waals surface area contributed by atoms with E-state index in [0.29, 0.717) is 29.6 Å². The van der Waals surface area contributed by atoms with Gasteiger partial charge in [-0.1, -0.05) is 59.3 Å². The van der Waals surface area contributed by atoms with Crippen LogP contribution in [-0.4, -0.2) is 27.7 Å². The third kappa shape index (κ3) is 5.09. The molecule has 3 aromatic carbocycles. The number of benzene rings is 3. The average molecular weight is 499 g/mol. The first kappa shape index (κ1) is 24.2. The van der Waals surface area contributed by atoms with E-state index in [0.717, 1.165) is 28.0 Å². The Balaban J connectivity index is 1.56. The second-order valence-electron chi connectivity index (χ2n) is 8.89. The number of carbonyl (C=O) groups excluding carboxylic acids is 1. The molecule has 1 aliphatic heterocycles. The Kier molecular flexibility index (Phi) is 6.72. The molecule has 7 nitrogen and oxygen atoms in total. The number of aryl methyl sites for hydroxylation is 1. The van der Waals surface area contributed by atoms with Crippen LogP contribution in [0.15, 0.2) is 83.0 Å². The Morgan fingerprint density at radius 2 is 1.70 bits per heavy atom. The number of amides is 2. The van der Waals surface area contributed by atoms with Gasteiger partial charge in [0.15, 0.2) is 0 Å². The fourth-order valence-corrected chi connectivity index (χ4v) is 4.35. The van der Waals surface area contributed by atoms with Gasteiger partial charge in [0, 0.05) is 11.3 Å². The highest BCUT2D eigenvalue weighted by atomic mass is 19.1. The Morgan fingerprint density at radius 3 is 2.38 bits per heavy atom. The summed E-state index contributed by atoms with van der Waals surface area (Å²) < 4.78 is 24.8. The summed E-state index contributed by atoms with van der Waals surface area (Å²) in [4.78, 5) is 19.6. The van der Waals surface area contributed by atoms with Crippen LogP contribution >= 0.6 is 0 Å². The maximum atomic E-state index is 13.4. The zero-order valence-corrected chi connectivity index (χ0v) is 20.9. The number of allylic oxidation sites excluding steroid dienone is 1. The first-order chi connectivity index (χ1) is 17.9. The van der Waals surface area contributed by atoms with Crippen LogP contribution in [-0.2, 0) is 6.54 Å². The summed E-state index contributed by atoms with van der Waals surface area (Å²) in [6.45, 7) is 6.62. The number of hydrogen-bond acceptors (Lipinski definition) is 5. The fourth-order valence-electron chi connectivity index (χ4n) is 4.35. The molecule has 0 spiro atoms. The van der Waals surface area contributed by atoms with E-state index in [-0.39, 0.29) is 18.4 Å². The van der Waals surface area contributed by atoms with Crippen molar-refractivity contribution in [2.45, 2.75) is 33.4 Å². The summed E-state index contributed by atoms with van der Waals surface area (Å²) in [5.41, 5.74) is 4.97. The van der Waals surface area contributed by atoms with Crippen LogP contribution < -0.4 is 10.1 Å². The lowest BCUT2D eigenvalue weighted by molar-refractivity contribution is 0.203. The van der Waals surface area contributed by atoms with Crippen LogP contribution in [0.5, 0.6) is 5.75 Å². The molecule has 4 aromatic rings. The molecule has 1 aromatic heterocycles. The van der Waals surface area contributed by atoms with Gasteiger partial charge < -0.3 is 14.6 Å². The molecule has 1 N–H and O–H groups in total. The number of aromatic nitrogens is 2. The maximum Gasteiger partial charge on any atom is 0.322 e. The lowest BCUT2D eigenvalue weighted by Crippen LogP contribution is -2.45. The third-order valence-corrected chi connectivity index (χ3v) is 6.34. The Bertz CT molecular complexity index is 1430. The van der Waals surface area contributed by atoms with Gasteiger partial charge in [-0.3, -0.25) is 4.90 Å². The van der Waals surface area contributed by atoms with E-state index in [1.54, 1.807) is 17.0 Å². The number of nitrogens with zero attached hydrogens (tertiary/aromatic N) is 3. The van der Waals surface area contributed by atoms with Crippen LogP contribution in [0.1, 0.15) is 42.5 Å². The van der Waals surface area contributed by atoms with Gasteiger partial charge in [0.1, 0.15) is 11.6 Å². The predicted octanol–water partition coefficient (Wildman–Crippen LogP) is 6.28. The lowest BCUT2D eigenvalue weighted by atomic mass is 9.94. The van der Waals surface area contributed by atoms with Gasteiger partial charge in [-0.05, 0) is 56.2 Å². The molecule has 188 valence electrons. The molecule has 5 rings (SSSR count). The second kappa shape index (κ2) is 10.3. The molecule has 0 aliphatic carbocycles. The molecule has 2 amide bonds. The molecule has 1 atom stereocenters. The topological polar surface area (TPSA) is 80.5 Å². The van der Waals surface area contributed by atoms with Crippen molar-refractivity contribution in [1.82, 2.24) is 20.4 Å². The summed E-state index contributed by atoms with van der Waals surface area (Å²) in [5.74, 6) is 1.19. The van der Waals surface area contributed by atoms with Crippen molar-refractivity contribution >= 4 is 11.6 Å². The number of nitrogens with one attached hydrogen (secondary N) is 1. The zero-order valence-electron chi connectivity index (χ0n) is 20.9. The van der Waals surface area contributed by atoms with Gasteiger partial charge in [-0.2, -0.15) is 4.98 Å². The molecule has 0 bridgehead atoms. The molecule has 8 heteroatoms. The number of urea groups is 1. The summed E-state index contributed by atoms with van der Waals surface area (Å²) in [6, 6.07) is 20.7. The van der Waals surface area contributed by atoms with E-state index in [1.165, 1.54) is 12.1 Å². The van der Waals surface area contributed by atoms with E-state index in [9.17, 15) is 9.18 Å². The molecule has 1 aliphatic rings. The van der Waals surface area contributed by atoms with Crippen molar-refractivity contribution in [2.75, 3.05) is 6.61 Å². The normalized spacial score (nSPS) is 15.6. The van der Waals surface area contributed by atoms with Crippen molar-refractivity contribution in [3.63, 3.8) is 0 Å². The first-order valence-electron chi connectivity index (χ1n) is 12.1. The first-order valence-corrected chi connectivity index (χ1v) is 12.1. The number of rotatable bonds is 7. The Hall–Kier alpha value is -4.46. The van der Waals surface area contributed by atoms with E-state index < -0.39 is 6.04 Å². The third-order valence-electron chi connectivity index (χ3n) is 6.34. The minimum atomic E-state index is -0.515. The van der Waals surface area contributed by atoms with Gasteiger partial charge in [0.2, 0.25) is 5.82 Å². The standard InChI is InChI=1S/C29H27FN4O3/c1-4-36-24-15-11-21(12-16-24)26-25(28-32-27(33-37-28)22-9-5-18(2)6-10-22)19(3)34(29(35)31-26)17-20-7-13-23(30)14-8-20/h5-16,26H,4,17H2,1-3H3,(H,31,35). The van der Waals surface area contributed by atoms with Gasteiger partial charge in [0.25, 0.3) is 5.89 Å². The highest BCUT2D eigenvalue weighted by Crippen LogP contribution is 2.38. The smallest absolute Gasteiger partial charge is 0.322 e. The largest absolute Gasteiger partial charge is 0.494 e. The predicted molar refractivity (Wildman–Crippen MR) is 138 cm³/mol. The molecule has 1 unspecified atom stereocenters. The van der Waals surface area contributed by atoms with E-state index in [1.807, 2.05) is 69.3 Å². The summed E-state index contributed by atoms with van der Waals surface area (Å²) in [6.07, 6.45) is 0. The molecule has 0 radical (unpaired) electrons. The highest BCUT2D eigenvalue weighted by Gasteiger charge is 2.35. The lowest BCUT2D eigenvalue weighted by Gasteiger charge is -2.35. The van der Waals surface area contributed by atoms with Crippen molar-refractivity contribution < 1.29 is 18.4 Å². The van der Waals surface area contributed by atoms with Crippen molar-refractivity contribution in [2.24, 2.45) is 0 Å². The fraction of sp³-hybridized carbons (Fsp3) is 0.207. The SMILES string of the molecule is CCOc1ccc(C2NC(=O)N(Cc3ccc(F)cc3)C(C)=C2c2nc(-c3ccc(C)cc3)no2)cc1. The minimum absolute atomic E-state index is 0.260. The van der Waals surface area contributed by atoms with Crippen LogP contribution in [0, 0.1) is 12.7 Å². The van der Waals surface area contributed by atoms with Crippen molar-refractivity contribution in [3.8, 4) is 17.1 Å².